The number of rotatable bonds is 7. The first-order valence-corrected chi connectivity index (χ1v) is 7.30. The molecular formula is C18H21NO3. The predicted octanol–water partition coefficient (Wildman–Crippen LogP) is 3.40. The highest BCUT2D eigenvalue weighted by molar-refractivity contribution is 5.66. The maximum absolute atomic E-state index is 11.2. The highest BCUT2D eigenvalue weighted by Crippen LogP contribution is 2.19. The zero-order valence-corrected chi connectivity index (χ0v) is 12.9. The molecule has 0 aliphatic rings. The van der Waals surface area contributed by atoms with Crippen molar-refractivity contribution < 1.29 is 14.4 Å². The van der Waals surface area contributed by atoms with Crippen LogP contribution in [0.4, 0.5) is 0 Å². The topological polar surface area (TPSA) is 47.6 Å². The molecule has 0 aromatic heterocycles. The molecule has 4 heteroatoms. The first kappa shape index (κ1) is 16.2. The lowest BCUT2D eigenvalue weighted by Crippen LogP contribution is -2.33. The third-order valence-corrected chi connectivity index (χ3v) is 3.27. The van der Waals surface area contributed by atoms with Crippen molar-refractivity contribution in [3.05, 3.63) is 71.8 Å². The third-order valence-electron chi connectivity index (χ3n) is 3.27. The van der Waals surface area contributed by atoms with E-state index in [-0.39, 0.29) is 18.1 Å². The van der Waals surface area contributed by atoms with Crippen LogP contribution in [0.2, 0.25) is 0 Å². The van der Waals surface area contributed by atoms with Gasteiger partial charge < -0.3 is 4.74 Å². The van der Waals surface area contributed by atoms with Crippen LogP contribution in [-0.4, -0.2) is 12.1 Å². The number of carbonyl (C=O) groups excluding carboxylic acids is 1. The van der Waals surface area contributed by atoms with E-state index in [4.69, 9.17) is 9.57 Å². The van der Waals surface area contributed by atoms with Crippen LogP contribution < -0.4 is 5.48 Å². The number of hydrogen-bond acceptors (Lipinski definition) is 4. The number of benzene rings is 2. The second-order valence-electron chi connectivity index (χ2n) is 5.10. The van der Waals surface area contributed by atoms with E-state index >= 15 is 0 Å². The normalized spacial score (nSPS) is 13.4. The Morgan fingerprint density at radius 2 is 1.64 bits per heavy atom. The average Bonchev–Trinajstić information content (AvgIpc) is 2.52. The predicted molar refractivity (Wildman–Crippen MR) is 84.8 cm³/mol. The van der Waals surface area contributed by atoms with Crippen LogP contribution >= 0.6 is 0 Å². The van der Waals surface area contributed by atoms with Gasteiger partial charge in [0.15, 0.2) is 0 Å². The highest BCUT2D eigenvalue weighted by Gasteiger charge is 2.21. The monoisotopic (exact) mass is 299 g/mol. The van der Waals surface area contributed by atoms with E-state index in [2.05, 4.69) is 5.48 Å². The molecule has 0 amide bonds. The molecule has 116 valence electrons. The maximum Gasteiger partial charge on any atom is 0.302 e. The Morgan fingerprint density at radius 1 is 1.05 bits per heavy atom. The van der Waals surface area contributed by atoms with Gasteiger partial charge in [-0.25, -0.2) is 0 Å². The van der Waals surface area contributed by atoms with Crippen LogP contribution in [0.15, 0.2) is 60.7 Å². The van der Waals surface area contributed by atoms with E-state index in [0.717, 1.165) is 11.1 Å². The van der Waals surface area contributed by atoms with Gasteiger partial charge in [0, 0.05) is 6.92 Å². The summed E-state index contributed by atoms with van der Waals surface area (Å²) in [4.78, 5) is 16.8. The Morgan fingerprint density at radius 3 is 2.23 bits per heavy atom. The molecule has 2 aromatic carbocycles. The Kier molecular flexibility index (Phi) is 6.13. The summed E-state index contributed by atoms with van der Waals surface area (Å²) in [6.45, 7) is 3.69. The minimum absolute atomic E-state index is 0.228. The van der Waals surface area contributed by atoms with Gasteiger partial charge in [-0.15, -0.1) is 0 Å². The Bertz CT molecular complexity index is 571. The molecule has 0 unspecified atom stereocenters. The van der Waals surface area contributed by atoms with Crippen molar-refractivity contribution in [3.63, 3.8) is 0 Å². The van der Waals surface area contributed by atoms with E-state index < -0.39 is 0 Å². The molecule has 0 heterocycles. The summed E-state index contributed by atoms with van der Waals surface area (Å²) in [5.74, 6) is -0.307. The zero-order valence-electron chi connectivity index (χ0n) is 12.9. The van der Waals surface area contributed by atoms with Crippen LogP contribution in [-0.2, 0) is 21.0 Å². The summed E-state index contributed by atoms with van der Waals surface area (Å²) < 4.78 is 5.29. The molecule has 0 bridgehead atoms. The number of esters is 1. The molecular weight excluding hydrogens is 278 g/mol. The van der Waals surface area contributed by atoms with Crippen molar-refractivity contribution in [2.45, 2.75) is 32.6 Å². The summed E-state index contributed by atoms with van der Waals surface area (Å²) >= 11 is 0. The van der Waals surface area contributed by atoms with Crippen LogP contribution in [0.1, 0.15) is 31.0 Å². The van der Waals surface area contributed by atoms with Gasteiger partial charge in [0.05, 0.1) is 12.6 Å². The molecule has 0 spiro atoms. The van der Waals surface area contributed by atoms with Gasteiger partial charge in [0.2, 0.25) is 0 Å². The summed E-state index contributed by atoms with van der Waals surface area (Å²) in [6, 6.07) is 19.5. The number of ether oxygens (including phenoxy) is 1. The molecule has 0 saturated heterocycles. The largest absolute Gasteiger partial charge is 0.461 e. The van der Waals surface area contributed by atoms with Gasteiger partial charge in [-0.1, -0.05) is 60.7 Å². The fraction of sp³-hybridized carbons (Fsp3) is 0.278. The van der Waals surface area contributed by atoms with Crippen LogP contribution in [0, 0.1) is 0 Å². The molecule has 0 aliphatic heterocycles. The fourth-order valence-corrected chi connectivity index (χ4v) is 2.21. The lowest BCUT2D eigenvalue weighted by Gasteiger charge is -2.25. The Labute approximate surface area is 131 Å². The zero-order chi connectivity index (χ0) is 15.8. The van der Waals surface area contributed by atoms with Crippen molar-refractivity contribution >= 4 is 5.97 Å². The first-order chi connectivity index (χ1) is 10.7. The van der Waals surface area contributed by atoms with Gasteiger partial charge in [-0.2, -0.15) is 5.48 Å². The van der Waals surface area contributed by atoms with Crippen molar-refractivity contribution in [2.75, 3.05) is 0 Å². The molecule has 2 rings (SSSR count). The van der Waals surface area contributed by atoms with E-state index in [0.29, 0.717) is 6.61 Å². The van der Waals surface area contributed by atoms with Crippen molar-refractivity contribution in [3.8, 4) is 0 Å². The van der Waals surface area contributed by atoms with E-state index in [1.54, 1.807) is 0 Å². The standard InChI is InChI=1S/C18H21NO3/c1-14(22-15(2)20)18(17-11-7-4-8-12-17)19-21-13-16-9-5-3-6-10-16/h3-12,14,18-19H,13H2,1-2H3/t14-,18-/m0/s1. The van der Waals surface area contributed by atoms with Gasteiger partial charge >= 0.3 is 5.97 Å². The van der Waals surface area contributed by atoms with E-state index in [9.17, 15) is 4.79 Å². The number of hydroxylamine groups is 1. The summed E-state index contributed by atoms with van der Waals surface area (Å²) in [6.07, 6.45) is -0.337. The van der Waals surface area contributed by atoms with Gasteiger partial charge in [0.25, 0.3) is 0 Å². The van der Waals surface area contributed by atoms with Gasteiger partial charge in [-0.3, -0.25) is 9.63 Å². The highest BCUT2D eigenvalue weighted by atomic mass is 16.6. The average molecular weight is 299 g/mol. The second kappa shape index (κ2) is 8.32. The molecule has 1 N–H and O–H groups in total. The summed E-state index contributed by atoms with van der Waals surface area (Å²) in [5.41, 5.74) is 5.09. The quantitative estimate of drug-likeness (QED) is 0.629. The minimum Gasteiger partial charge on any atom is -0.461 e. The summed E-state index contributed by atoms with van der Waals surface area (Å²) in [7, 11) is 0. The van der Waals surface area contributed by atoms with Crippen molar-refractivity contribution in [1.29, 1.82) is 0 Å². The molecule has 0 saturated carbocycles. The van der Waals surface area contributed by atoms with Crippen molar-refractivity contribution in [2.24, 2.45) is 0 Å². The lowest BCUT2D eigenvalue weighted by molar-refractivity contribution is -0.149. The molecule has 0 aliphatic carbocycles. The maximum atomic E-state index is 11.2. The third kappa shape index (κ3) is 4.98. The molecule has 22 heavy (non-hydrogen) atoms. The van der Waals surface area contributed by atoms with Crippen LogP contribution in [0.25, 0.3) is 0 Å². The fourth-order valence-electron chi connectivity index (χ4n) is 2.21. The lowest BCUT2D eigenvalue weighted by atomic mass is 10.0. The molecule has 2 atom stereocenters. The van der Waals surface area contributed by atoms with Gasteiger partial charge in [0.1, 0.15) is 6.10 Å². The molecule has 4 nitrogen and oxygen atoms in total. The van der Waals surface area contributed by atoms with Crippen molar-refractivity contribution in [1.82, 2.24) is 5.48 Å². The Hall–Kier alpha value is -2.17. The number of hydrogen-bond donors (Lipinski definition) is 1. The first-order valence-electron chi connectivity index (χ1n) is 7.30. The number of nitrogens with one attached hydrogen (secondary N) is 1. The SMILES string of the molecule is CC(=O)O[C@@H](C)[C@H](NOCc1ccccc1)c1ccccc1. The molecule has 0 fully saturated rings. The minimum atomic E-state index is -0.337. The van der Waals surface area contributed by atoms with E-state index in [1.807, 2.05) is 67.6 Å². The molecule has 2 aromatic rings. The Balaban J connectivity index is 2.00. The van der Waals surface area contributed by atoms with Crippen LogP contribution in [0.3, 0.4) is 0 Å². The van der Waals surface area contributed by atoms with E-state index in [1.165, 1.54) is 6.92 Å². The molecule has 0 radical (unpaired) electrons. The second-order valence-corrected chi connectivity index (χ2v) is 5.10. The van der Waals surface area contributed by atoms with Crippen LogP contribution in [0.5, 0.6) is 0 Å². The smallest absolute Gasteiger partial charge is 0.302 e. The summed E-state index contributed by atoms with van der Waals surface area (Å²) in [5, 5.41) is 0. The number of carbonyl (C=O) groups is 1. The van der Waals surface area contributed by atoms with Gasteiger partial charge in [-0.05, 0) is 18.1 Å².